The van der Waals surface area contributed by atoms with Crippen molar-refractivity contribution in [1.82, 2.24) is 58.7 Å². The lowest BCUT2D eigenvalue weighted by Crippen LogP contribution is -2.47. The smallest absolute Gasteiger partial charge is 0.281 e. The van der Waals surface area contributed by atoms with Crippen molar-refractivity contribution in [1.29, 1.82) is 0 Å². The molecule has 18 rings (SSSR count). The fourth-order valence-corrected chi connectivity index (χ4v) is 20.2. The standard InChI is InChI=1S/C46H49ClN8O8S.C44H45ClN8O7S/c1-61-21-22-62-20-19-54-30-40-41(50-54)25-37(26-42(40)55(57)58)64(59,60)51-45(56)38-8-7-35(24-43(38)63-36-23-32-10-14-48-44(32)49-28-36)53-17-15-52(16-18-53)29-33-9-13-46(11-2-12-46)27-39(33)31-3-5-34(47)6-4-31;1-59-20-19-52-28-38-39(48-52)23-35(24-40(38)53(55)56)61(57,58)49-43(54)36-8-7-33(22-41(36)60-34-21-30-10-14-46-42(30)47-26-34)51-17-15-50(16-18-51)27-31-9-13-44(11-2-12-44)25-37(31)29-3-5-32(45)6-4-29/h3-8,10,14,23-26,28,30H,2,9,11-13,15-22,27,29H2,1H3,(H,48,49)(H,51,56);3-8,10,14,21-24,26,28H,2,9,11-13,15-20,25,27H2,1H3,(H,46,47)(H,49,54). The summed E-state index contributed by atoms with van der Waals surface area (Å²) in [6.45, 7) is 9.90. The van der Waals surface area contributed by atoms with Gasteiger partial charge in [0, 0.05) is 161 Å². The van der Waals surface area contributed by atoms with Crippen LogP contribution in [0.5, 0.6) is 23.0 Å². The maximum absolute atomic E-state index is 14.0. The number of H-pyrrole nitrogens is 2. The third-order valence-corrected chi connectivity index (χ3v) is 28.3. The number of carbonyl (C=O) groups excluding carboxylic acids is 2. The monoisotopic (exact) mass is 1770 g/mol. The van der Waals surface area contributed by atoms with Gasteiger partial charge in [-0.2, -0.15) is 10.2 Å². The number of anilines is 2. The molecular weight excluding hydrogens is 1680 g/mol. The van der Waals surface area contributed by atoms with Crippen LogP contribution in [0.15, 0.2) is 192 Å². The number of fused-ring (bicyclic) bond motifs is 4. The van der Waals surface area contributed by atoms with E-state index >= 15 is 0 Å². The van der Waals surface area contributed by atoms with Crippen molar-refractivity contribution in [3.63, 3.8) is 0 Å². The average Bonchev–Trinajstić information content (AvgIpc) is 1.76. The van der Waals surface area contributed by atoms with Crippen LogP contribution in [-0.4, -0.2) is 194 Å². The molecule has 0 radical (unpaired) electrons. The van der Waals surface area contributed by atoms with Crippen LogP contribution >= 0.6 is 23.2 Å². The Hall–Kier alpha value is -11.7. The molecule has 4 fully saturated rings. The lowest BCUT2D eigenvalue weighted by molar-refractivity contribution is -0.383. The van der Waals surface area contributed by atoms with Gasteiger partial charge in [-0.25, -0.2) is 36.2 Å². The highest BCUT2D eigenvalue weighted by Gasteiger charge is 2.43. The number of benzene rings is 6. The van der Waals surface area contributed by atoms with Crippen LogP contribution in [-0.2, 0) is 47.3 Å². The normalized spacial score (nSPS) is 16.8. The zero-order valence-electron chi connectivity index (χ0n) is 69.0. The molecule has 125 heavy (non-hydrogen) atoms. The van der Waals surface area contributed by atoms with Crippen molar-refractivity contribution in [2.45, 2.75) is 99.9 Å². The lowest BCUT2D eigenvalue weighted by atomic mass is 9.59. The predicted octanol–water partition coefficient (Wildman–Crippen LogP) is 15.9. The Bertz CT molecular complexity index is 6410. The van der Waals surface area contributed by atoms with Crippen LogP contribution in [0.2, 0.25) is 10.0 Å². The fraction of sp³-hybridized carbons (Fsp3) is 0.356. The number of nitrogens with one attached hydrogen (secondary N) is 4. The summed E-state index contributed by atoms with van der Waals surface area (Å²) >= 11 is 12.6. The van der Waals surface area contributed by atoms with Gasteiger partial charge in [0.05, 0.1) is 93.4 Å². The molecule has 2 amide bonds. The third kappa shape index (κ3) is 19.1. The largest absolute Gasteiger partial charge is 0.455 e. The third-order valence-electron chi connectivity index (χ3n) is 25.2. The summed E-state index contributed by atoms with van der Waals surface area (Å²) in [6.07, 6.45) is 24.2. The molecule has 2 aliphatic heterocycles. The number of allylic oxidation sites excluding steroid dienone is 2. The van der Waals surface area contributed by atoms with E-state index in [9.17, 15) is 46.7 Å². The van der Waals surface area contributed by atoms with Crippen LogP contribution in [0.25, 0.3) is 55.0 Å². The Kier molecular flexibility index (Phi) is 25.0. The van der Waals surface area contributed by atoms with Gasteiger partial charge < -0.3 is 43.5 Å². The number of nitrogens with zero attached hydrogens (tertiary/aromatic N) is 12. The number of ether oxygens (including phenoxy) is 5. The first-order valence-corrected chi connectivity index (χ1v) is 45.5. The number of aromatic nitrogens is 8. The Morgan fingerprint density at radius 2 is 0.936 bits per heavy atom. The second-order valence-electron chi connectivity index (χ2n) is 33.0. The summed E-state index contributed by atoms with van der Waals surface area (Å²) in [5, 5.41) is 36.2. The second kappa shape index (κ2) is 36.5. The summed E-state index contributed by atoms with van der Waals surface area (Å²) in [7, 11) is -6.21. The van der Waals surface area contributed by atoms with E-state index in [2.05, 4.69) is 83.4 Å². The highest BCUT2D eigenvalue weighted by Crippen LogP contribution is 2.57. The minimum atomic E-state index is -4.65. The molecule has 31 nitrogen and oxygen atoms in total. The van der Waals surface area contributed by atoms with Crippen LogP contribution in [0.4, 0.5) is 22.7 Å². The van der Waals surface area contributed by atoms with Crippen molar-refractivity contribution in [2.24, 2.45) is 10.8 Å². The van der Waals surface area contributed by atoms with Gasteiger partial charge in [-0.05, 0) is 182 Å². The van der Waals surface area contributed by atoms with Crippen molar-refractivity contribution in [3.8, 4) is 23.0 Å². The zero-order chi connectivity index (χ0) is 86.7. The first-order chi connectivity index (χ1) is 60.4. The molecular formula is C90H94Cl2N16O15S2. The molecule has 4 aliphatic carbocycles. The number of halogens is 2. The van der Waals surface area contributed by atoms with Gasteiger partial charge in [-0.1, -0.05) is 71.5 Å². The first-order valence-electron chi connectivity index (χ1n) is 41.8. The van der Waals surface area contributed by atoms with Crippen LogP contribution in [0.1, 0.15) is 109 Å². The number of aromatic amines is 2. The molecule has 6 aromatic carbocycles. The number of carbonyl (C=O) groups is 2. The van der Waals surface area contributed by atoms with Crippen LogP contribution in [0, 0.1) is 31.1 Å². The van der Waals surface area contributed by atoms with E-state index in [1.807, 2.05) is 36.4 Å². The number of methoxy groups -OCH3 is 2. The summed E-state index contributed by atoms with van der Waals surface area (Å²) in [5.74, 6) is -1.04. The van der Waals surface area contributed by atoms with Crippen molar-refractivity contribution in [2.75, 3.05) is 116 Å². The van der Waals surface area contributed by atoms with Gasteiger partial charge >= 0.3 is 0 Å². The molecule has 2 spiro atoms. The number of sulfonamides is 2. The van der Waals surface area contributed by atoms with Gasteiger partial charge in [-0.15, -0.1) is 0 Å². The SMILES string of the molecule is COCCOCCn1cc2c([N+](=O)[O-])cc(S(=O)(=O)NC(=O)c3ccc(N4CCN(CC5=C(c6ccc(Cl)cc6)CC6(CCC6)CC5)CC4)cc3Oc3cnc4[nH]ccc4c3)cc2n1.COCCn1cc2c([N+](=O)[O-])cc(S(=O)(=O)NC(=O)c3ccc(N4CCN(CC5=C(c6ccc(Cl)cc6)CC6(CCC6)CC5)CC4)cc3Oc3cnc4[nH]ccc4c3)cc2n1. The molecule has 0 unspecified atom stereocenters. The predicted molar refractivity (Wildman–Crippen MR) is 476 cm³/mol. The second-order valence-corrected chi connectivity index (χ2v) is 37.3. The fourth-order valence-electron chi connectivity index (χ4n) is 18.0. The summed E-state index contributed by atoms with van der Waals surface area (Å²) in [4.78, 5) is 74.3. The maximum atomic E-state index is 14.0. The Morgan fingerprint density at radius 1 is 0.512 bits per heavy atom. The highest BCUT2D eigenvalue weighted by molar-refractivity contribution is 7.90. The highest BCUT2D eigenvalue weighted by atomic mass is 35.5. The molecule has 6 aliphatic rings. The van der Waals surface area contributed by atoms with Gasteiger partial charge in [-0.3, -0.25) is 49.0 Å². The molecule has 2 saturated heterocycles. The number of nitro groups is 2. The number of rotatable bonds is 29. The number of piperazine rings is 2. The topological polar surface area (TPSA) is 365 Å². The molecule has 6 aromatic heterocycles. The average molecular weight is 1770 g/mol. The lowest BCUT2D eigenvalue weighted by Gasteiger charge is -2.47. The summed E-state index contributed by atoms with van der Waals surface area (Å²) in [6, 6.07) is 38.1. The molecule has 4 N–H and O–H groups in total. The number of pyridine rings is 2. The van der Waals surface area contributed by atoms with Crippen LogP contribution in [0.3, 0.4) is 0 Å². The quantitative estimate of drug-likeness (QED) is 0.0192. The summed E-state index contributed by atoms with van der Waals surface area (Å²) < 4.78 is 90.6. The Balaban J connectivity index is 0.000000177. The maximum Gasteiger partial charge on any atom is 0.281 e. The van der Waals surface area contributed by atoms with Gasteiger partial charge in [0.15, 0.2) is 0 Å². The minimum Gasteiger partial charge on any atom is -0.455 e. The van der Waals surface area contributed by atoms with E-state index in [1.54, 1.807) is 55.9 Å². The van der Waals surface area contributed by atoms with Crippen molar-refractivity contribution < 1.29 is 60.0 Å². The molecule has 0 bridgehead atoms. The summed E-state index contributed by atoms with van der Waals surface area (Å²) in [5.41, 5.74) is 11.4. The molecule has 0 atom stereocenters. The van der Waals surface area contributed by atoms with Crippen molar-refractivity contribution >= 4 is 133 Å². The Labute approximate surface area is 731 Å². The number of hydrogen-bond donors (Lipinski definition) is 4. The van der Waals surface area contributed by atoms with E-state index in [0.717, 1.165) is 135 Å². The molecule has 8 heterocycles. The van der Waals surface area contributed by atoms with E-state index < -0.39 is 62.9 Å². The van der Waals surface area contributed by atoms with Gasteiger partial charge in [0.2, 0.25) is 0 Å². The van der Waals surface area contributed by atoms with E-state index in [4.69, 9.17) is 46.9 Å². The Morgan fingerprint density at radius 3 is 1.34 bits per heavy atom. The van der Waals surface area contributed by atoms with Crippen LogP contribution < -0.4 is 28.7 Å². The van der Waals surface area contributed by atoms with E-state index in [-0.39, 0.29) is 57.6 Å². The van der Waals surface area contributed by atoms with Gasteiger partial charge in [0.25, 0.3) is 43.2 Å². The van der Waals surface area contributed by atoms with Crippen molar-refractivity contribution in [3.05, 3.63) is 234 Å². The van der Waals surface area contributed by atoms with E-state index in [1.165, 1.54) is 150 Å². The molecule has 35 heteroatoms. The molecule has 2 saturated carbocycles. The van der Waals surface area contributed by atoms with E-state index in [0.29, 0.717) is 60.0 Å². The number of amides is 2. The molecule has 650 valence electrons. The first kappa shape index (κ1) is 85.5. The van der Waals surface area contributed by atoms with Gasteiger partial charge in [0.1, 0.15) is 45.3 Å². The number of nitro benzene ring substituents is 2. The number of non-ortho nitro benzene ring substituents is 2. The number of hydrogen-bond acceptors (Lipinski definition) is 23. The molecule has 12 aromatic rings. The zero-order valence-corrected chi connectivity index (χ0v) is 72.2. The minimum absolute atomic E-state index is 0.0530.